The van der Waals surface area contributed by atoms with Crippen LogP contribution in [0.15, 0.2) is 69.6 Å². The second-order valence-corrected chi connectivity index (χ2v) is 8.83. The SMILES string of the molecule is Br.CC=CCC1CN(C)CCC1(c1ccc(Br)cc1)c1ccc(Br)cc1. The van der Waals surface area contributed by atoms with Gasteiger partial charge in [0.25, 0.3) is 0 Å². The average molecular weight is 544 g/mol. The third-order valence-electron chi connectivity index (χ3n) is 5.49. The lowest BCUT2D eigenvalue weighted by atomic mass is 9.61. The van der Waals surface area contributed by atoms with Gasteiger partial charge in [-0.15, -0.1) is 17.0 Å². The van der Waals surface area contributed by atoms with Gasteiger partial charge in [0.15, 0.2) is 0 Å². The Morgan fingerprint density at radius 2 is 1.50 bits per heavy atom. The number of piperidine rings is 1. The highest BCUT2D eigenvalue weighted by Crippen LogP contribution is 2.47. The van der Waals surface area contributed by atoms with Crippen LogP contribution in [0.25, 0.3) is 0 Å². The van der Waals surface area contributed by atoms with Gasteiger partial charge in [-0.05, 0) is 74.7 Å². The third-order valence-corrected chi connectivity index (χ3v) is 6.55. The summed E-state index contributed by atoms with van der Waals surface area (Å²) in [5.74, 6) is 0.560. The van der Waals surface area contributed by atoms with Gasteiger partial charge < -0.3 is 4.90 Å². The molecule has 1 atom stereocenters. The van der Waals surface area contributed by atoms with Gasteiger partial charge in [0.2, 0.25) is 0 Å². The van der Waals surface area contributed by atoms with Gasteiger partial charge in [0.1, 0.15) is 0 Å². The monoisotopic (exact) mass is 541 g/mol. The van der Waals surface area contributed by atoms with Crippen molar-refractivity contribution in [1.29, 1.82) is 0 Å². The molecule has 2 aromatic carbocycles. The largest absolute Gasteiger partial charge is 0.306 e. The summed E-state index contributed by atoms with van der Waals surface area (Å²) in [5, 5.41) is 0. The molecule has 0 radical (unpaired) electrons. The Morgan fingerprint density at radius 3 is 1.96 bits per heavy atom. The zero-order valence-electron chi connectivity index (χ0n) is 15.3. The van der Waals surface area contributed by atoms with Gasteiger partial charge in [-0.25, -0.2) is 0 Å². The van der Waals surface area contributed by atoms with Crippen molar-refractivity contribution in [2.24, 2.45) is 5.92 Å². The molecule has 0 aliphatic carbocycles. The first-order valence-electron chi connectivity index (χ1n) is 8.88. The van der Waals surface area contributed by atoms with Crippen LogP contribution in [0.1, 0.15) is 30.9 Å². The summed E-state index contributed by atoms with van der Waals surface area (Å²) in [4.78, 5) is 2.48. The van der Waals surface area contributed by atoms with Crippen molar-refractivity contribution in [3.8, 4) is 0 Å². The number of rotatable bonds is 4. The fourth-order valence-electron chi connectivity index (χ4n) is 4.19. The molecule has 1 aliphatic heterocycles. The van der Waals surface area contributed by atoms with E-state index in [4.69, 9.17) is 0 Å². The normalized spacial score (nSPS) is 20.1. The number of nitrogens with zero attached hydrogens (tertiary/aromatic N) is 1. The Balaban J connectivity index is 0.00000243. The summed E-state index contributed by atoms with van der Waals surface area (Å²) < 4.78 is 2.28. The maximum atomic E-state index is 3.59. The van der Waals surface area contributed by atoms with Crippen molar-refractivity contribution in [2.45, 2.75) is 25.2 Å². The van der Waals surface area contributed by atoms with E-state index in [1.54, 1.807) is 0 Å². The molecule has 0 amide bonds. The second-order valence-electron chi connectivity index (χ2n) is 7.00. The first kappa shape index (κ1) is 21.9. The zero-order chi connectivity index (χ0) is 17.9. The summed E-state index contributed by atoms with van der Waals surface area (Å²) >= 11 is 7.19. The molecule has 0 N–H and O–H groups in total. The van der Waals surface area contributed by atoms with E-state index in [1.165, 1.54) is 11.1 Å². The Bertz CT molecular complexity index is 677. The predicted octanol–water partition coefficient (Wildman–Crippen LogP) is 6.99. The van der Waals surface area contributed by atoms with Crippen LogP contribution in [-0.2, 0) is 5.41 Å². The first-order valence-corrected chi connectivity index (χ1v) is 10.5. The molecule has 0 bridgehead atoms. The summed E-state index contributed by atoms with van der Waals surface area (Å²) in [7, 11) is 2.25. The molecule has 0 saturated carbocycles. The molecule has 4 heteroatoms. The molecule has 140 valence electrons. The van der Waals surface area contributed by atoms with Gasteiger partial charge in [-0.3, -0.25) is 0 Å². The minimum absolute atomic E-state index is 0. The van der Waals surface area contributed by atoms with Crippen LogP contribution in [0, 0.1) is 5.92 Å². The molecule has 1 unspecified atom stereocenters. The van der Waals surface area contributed by atoms with Crippen molar-refractivity contribution in [3.05, 3.63) is 80.8 Å². The van der Waals surface area contributed by atoms with E-state index in [-0.39, 0.29) is 22.4 Å². The van der Waals surface area contributed by atoms with Gasteiger partial charge >= 0.3 is 0 Å². The van der Waals surface area contributed by atoms with E-state index in [0.29, 0.717) is 5.92 Å². The standard InChI is InChI=1S/C22H25Br2N.BrH/c1-3-4-5-19-16-25(2)15-14-22(19,17-6-10-20(23)11-7-17)18-8-12-21(24)13-9-18;/h3-4,6-13,19H,5,14-16H2,1-2H3;1H. The van der Waals surface area contributed by atoms with E-state index >= 15 is 0 Å². The van der Waals surface area contributed by atoms with Crippen LogP contribution < -0.4 is 0 Å². The lowest BCUT2D eigenvalue weighted by Crippen LogP contribution is -2.49. The molecule has 2 aromatic rings. The highest BCUT2D eigenvalue weighted by atomic mass is 79.9. The minimum Gasteiger partial charge on any atom is -0.306 e. The number of likely N-dealkylation sites (tertiary alicyclic amines) is 1. The molecule has 26 heavy (non-hydrogen) atoms. The molecule has 0 spiro atoms. The minimum atomic E-state index is 0. The number of hydrogen-bond acceptors (Lipinski definition) is 1. The topological polar surface area (TPSA) is 3.24 Å². The van der Waals surface area contributed by atoms with Crippen molar-refractivity contribution in [1.82, 2.24) is 4.90 Å². The summed E-state index contributed by atoms with van der Waals surface area (Å²) in [6.07, 6.45) is 6.76. The molecule has 3 rings (SSSR count). The van der Waals surface area contributed by atoms with Gasteiger partial charge in [0, 0.05) is 20.9 Å². The molecular weight excluding hydrogens is 518 g/mol. The molecular formula is C22H26Br3N. The fraction of sp³-hybridized carbons (Fsp3) is 0.364. The van der Waals surface area contributed by atoms with Crippen LogP contribution in [0.2, 0.25) is 0 Å². The lowest BCUT2D eigenvalue weighted by Gasteiger charge is -2.48. The van der Waals surface area contributed by atoms with Crippen LogP contribution in [0.4, 0.5) is 0 Å². The van der Waals surface area contributed by atoms with E-state index in [1.807, 2.05) is 0 Å². The number of halogens is 3. The Morgan fingerprint density at radius 1 is 1.00 bits per heavy atom. The second kappa shape index (κ2) is 9.68. The van der Waals surface area contributed by atoms with E-state index in [0.717, 1.165) is 34.9 Å². The van der Waals surface area contributed by atoms with Crippen molar-refractivity contribution in [3.63, 3.8) is 0 Å². The summed E-state index contributed by atoms with van der Waals surface area (Å²) in [5.41, 5.74) is 2.93. The predicted molar refractivity (Wildman–Crippen MR) is 124 cm³/mol. The van der Waals surface area contributed by atoms with Crippen molar-refractivity contribution < 1.29 is 0 Å². The number of benzene rings is 2. The molecule has 0 aromatic heterocycles. The van der Waals surface area contributed by atoms with Crippen LogP contribution in [-0.4, -0.2) is 25.0 Å². The van der Waals surface area contributed by atoms with E-state index in [9.17, 15) is 0 Å². The summed E-state index contributed by atoms with van der Waals surface area (Å²) in [6, 6.07) is 17.9. The Hall–Kier alpha value is -0.420. The Labute approximate surface area is 184 Å². The molecule has 1 fully saturated rings. The number of hydrogen-bond donors (Lipinski definition) is 0. The fourth-order valence-corrected chi connectivity index (χ4v) is 4.72. The molecule has 1 heterocycles. The summed E-state index contributed by atoms with van der Waals surface area (Å²) in [6.45, 7) is 4.36. The highest BCUT2D eigenvalue weighted by molar-refractivity contribution is 9.10. The zero-order valence-corrected chi connectivity index (χ0v) is 20.2. The smallest absolute Gasteiger partial charge is 0.0258 e. The average Bonchev–Trinajstić information content (AvgIpc) is 2.62. The van der Waals surface area contributed by atoms with Crippen LogP contribution in [0.3, 0.4) is 0 Å². The lowest BCUT2D eigenvalue weighted by molar-refractivity contribution is 0.137. The van der Waals surface area contributed by atoms with Gasteiger partial charge in [-0.1, -0.05) is 68.3 Å². The third kappa shape index (κ3) is 4.52. The van der Waals surface area contributed by atoms with Crippen molar-refractivity contribution >= 4 is 48.8 Å². The van der Waals surface area contributed by atoms with Crippen LogP contribution in [0.5, 0.6) is 0 Å². The van der Waals surface area contributed by atoms with E-state index < -0.39 is 0 Å². The first-order chi connectivity index (χ1) is 12.1. The van der Waals surface area contributed by atoms with Crippen molar-refractivity contribution in [2.75, 3.05) is 20.1 Å². The molecule has 1 aliphatic rings. The molecule has 1 nitrogen and oxygen atoms in total. The maximum Gasteiger partial charge on any atom is 0.0258 e. The quantitative estimate of drug-likeness (QED) is 0.375. The Kier molecular flexibility index (Phi) is 8.14. The van der Waals surface area contributed by atoms with Gasteiger partial charge in [-0.2, -0.15) is 0 Å². The number of allylic oxidation sites excluding steroid dienone is 2. The maximum absolute atomic E-state index is 3.59. The van der Waals surface area contributed by atoms with Gasteiger partial charge in [0.05, 0.1) is 0 Å². The van der Waals surface area contributed by atoms with E-state index in [2.05, 4.69) is 111 Å². The molecule has 1 saturated heterocycles. The van der Waals surface area contributed by atoms with Crippen LogP contribution >= 0.6 is 48.8 Å². The highest BCUT2D eigenvalue weighted by Gasteiger charge is 2.44.